The Morgan fingerprint density at radius 3 is 2.63 bits per heavy atom. The van der Waals surface area contributed by atoms with Crippen LogP contribution in [0.5, 0.6) is 11.5 Å². The minimum atomic E-state index is -0.365. The number of aromatic nitrogens is 1. The molecule has 3 rings (SSSR count). The monoisotopic (exact) mass is 362 g/mol. The van der Waals surface area contributed by atoms with Gasteiger partial charge >= 0.3 is 0 Å². The minimum absolute atomic E-state index is 0.233. The Kier molecular flexibility index (Phi) is 5.94. The summed E-state index contributed by atoms with van der Waals surface area (Å²) in [7, 11) is 0. The highest BCUT2D eigenvalue weighted by Crippen LogP contribution is 2.24. The Hall–Kier alpha value is -3.47. The number of hydrogen-bond acceptors (Lipinski definition) is 3. The van der Waals surface area contributed by atoms with Crippen molar-refractivity contribution in [2.75, 3.05) is 0 Å². The van der Waals surface area contributed by atoms with Gasteiger partial charge in [0.15, 0.2) is 0 Å². The highest BCUT2D eigenvalue weighted by Gasteiger charge is 2.09. The summed E-state index contributed by atoms with van der Waals surface area (Å²) < 4.78 is 19.4. The molecule has 0 saturated heterocycles. The zero-order chi connectivity index (χ0) is 19.1. The number of nitrogens with one attached hydrogen (secondary N) is 1. The molecule has 0 radical (unpaired) electrons. The average molecular weight is 362 g/mol. The SMILES string of the molecule is C[C@H](NC(=O)/C=C/c1ccccc1F)c1cccc(Oc2ccncc2)c1. The van der Waals surface area contributed by atoms with Crippen LogP contribution in [0.25, 0.3) is 6.08 Å². The summed E-state index contributed by atoms with van der Waals surface area (Å²) in [4.78, 5) is 16.1. The molecule has 0 spiro atoms. The van der Waals surface area contributed by atoms with E-state index in [1.807, 2.05) is 31.2 Å². The summed E-state index contributed by atoms with van der Waals surface area (Å²) in [6, 6.07) is 17.1. The quantitative estimate of drug-likeness (QED) is 0.634. The van der Waals surface area contributed by atoms with Crippen molar-refractivity contribution in [3.8, 4) is 11.5 Å². The summed E-state index contributed by atoms with van der Waals surface area (Å²) in [6.07, 6.45) is 6.10. The van der Waals surface area contributed by atoms with Gasteiger partial charge in [0, 0.05) is 24.0 Å². The summed E-state index contributed by atoms with van der Waals surface area (Å²) >= 11 is 0. The van der Waals surface area contributed by atoms with Crippen LogP contribution in [0.15, 0.2) is 79.1 Å². The highest BCUT2D eigenvalue weighted by molar-refractivity contribution is 5.92. The van der Waals surface area contributed by atoms with Gasteiger partial charge in [0.25, 0.3) is 0 Å². The van der Waals surface area contributed by atoms with Gasteiger partial charge in [-0.3, -0.25) is 9.78 Å². The second-order valence-corrected chi connectivity index (χ2v) is 5.94. The summed E-state index contributed by atoms with van der Waals surface area (Å²) in [5, 5.41) is 2.86. The Bertz CT molecular complexity index is 942. The van der Waals surface area contributed by atoms with E-state index in [4.69, 9.17) is 4.74 Å². The summed E-state index contributed by atoms with van der Waals surface area (Å²) in [6.45, 7) is 1.88. The van der Waals surface area contributed by atoms with E-state index in [0.29, 0.717) is 17.1 Å². The Labute approximate surface area is 157 Å². The lowest BCUT2D eigenvalue weighted by Crippen LogP contribution is -2.24. The third kappa shape index (κ3) is 5.25. The molecule has 1 heterocycles. The van der Waals surface area contributed by atoms with Crippen LogP contribution in [0.1, 0.15) is 24.1 Å². The standard InChI is InChI=1S/C22H19FN2O2/c1-16(25-22(26)10-9-17-5-2-3-8-21(17)23)18-6-4-7-20(15-18)27-19-11-13-24-14-12-19/h2-16H,1H3,(H,25,26)/b10-9+/t16-/m0/s1. The topological polar surface area (TPSA) is 51.2 Å². The van der Waals surface area contributed by atoms with Crippen LogP contribution in [0.2, 0.25) is 0 Å². The summed E-state index contributed by atoms with van der Waals surface area (Å²) in [5.41, 5.74) is 1.27. The van der Waals surface area contributed by atoms with Crippen molar-refractivity contribution in [1.29, 1.82) is 0 Å². The van der Waals surface area contributed by atoms with Gasteiger partial charge in [-0.2, -0.15) is 0 Å². The molecular formula is C22H19FN2O2. The molecule has 1 N–H and O–H groups in total. The van der Waals surface area contributed by atoms with Crippen molar-refractivity contribution in [3.63, 3.8) is 0 Å². The van der Waals surface area contributed by atoms with Gasteiger partial charge in [-0.05, 0) is 48.9 Å². The van der Waals surface area contributed by atoms with E-state index in [2.05, 4.69) is 10.3 Å². The van der Waals surface area contributed by atoms with E-state index in [1.165, 1.54) is 18.2 Å². The molecule has 3 aromatic rings. The maximum Gasteiger partial charge on any atom is 0.244 e. The average Bonchev–Trinajstić information content (AvgIpc) is 2.68. The third-order valence-electron chi connectivity index (χ3n) is 3.92. The Balaban J connectivity index is 1.63. The van der Waals surface area contributed by atoms with Crippen LogP contribution in [0, 0.1) is 5.82 Å². The zero-order valence-electron chi connectivity index (χ0n) is 14.8. The molecule has 0 bridgehead atoms. The molecule has 0 fully saturated rings. The zero-order valence-corrected chi connectivity index (χ0v) is 14.8. The van der Waals surface area contributed by atoms with Crippen LogP contribution < -0.4 is 10.1 Å². The number of carbonyl (C=O) groups excluding carboxylic acids is 1. The van der Waals surface area contributed by atoms with Crippen molar-refractivity contribution in [2.24, 2.45) is 0 Å². The van der Waals surface area contributed by atoms with Crippen LogP contribution >= 0.6 is 0 Å². The molecule has 27 heavy (non-hydrogen) atoms. The molecule has 0 saturated carbocycles. The Morgan fingerprint density at radius 1 is 1.07 bits per heavy atom. The predicted octanol–water partition coefficient (Wildman–Crippen LogP) is 4.90. The van der Waals surface area contributed by atoms with Gasteiger partial charge in [-0.15, -0.1) is 0 Å². The third-order valence-corrected chi connectivity index (χ3v) is 3.92. The smallest absolute Gasteiger partial charge is 0.244 e. The molecule has 2 aromatic carbocycles. The van der Waals surface area contributed by atoms with Crippen LogP contribution in [0.4, 0.5) is 4.39 Å². The second kappa shape index (κ2) is 8.76. The van der Waals surface area contributed by atoms with Gasteiger partial charge < -0.3 is 10.1 Å². The first-order chi connectivity index (χ1) is 13.1. The number of halogens is 1. The van der Waals surface area contributed by atoms with Crippen molar-refractivity contribution in [1.82, 2.24) is 10.3 Å². The lowest BCUT2D eigenvalue weighted by molar-refractivity contribution is -0.117. The van der Waals surface area contributed by atoms with E-state index in [1.54, 1.807) is 42.7 Å². The molecule has 0 aliphatic rings. The predicted molar refractivity (Wildman–Crippen MR) is 103 cm³/mol. The fourth-order valence-corrected chi connectivity index (χ4v) is 2.51. The highest BCUT2D eigenvalue weighted by atomic mass is 19.1. The number of amides is 1. The van der Waals surface area contributed by atoms with E-state index < -0.39 is 0 Å². The number of rotatable bonds is 6. The molecule has 0 unspecified atom stereocenters. The van der Waals surface area contributed by atoms with Crippen LogP contribution in [-0.4, -0.2) is 10.9 Å². The van der Waals surface area contributed by atoms with E-state index in [9.17, 15) is 9.18 Å². The number of nitrogens with zero attached hydrogens (tertiary/aromatic N) is 1. The molecule has 1 atom stereocenters. The van der Waals surface area contributed by atoms with Crippen LogP contribution in [-0.2, 0) is 4.79 Å². The molecule has 4 nitrogen and oxygen atoms in total. The first-order valence-corrected chi connectivity index (χ1v) is 8.53. The lowest BCUT2D eigenvalue weighted by Gasteiger charge is -2.14. The van der Waals surface area contributed by atoms with Gasteiger partial charge in [0.2, 0.25) is 5.91 Å². The van der Waals surface area contributed by atoms with Crippen LogP contribution in [0.3, 0.4) is 0 Å². The largest absolute Gasteiger partial charge is 0.457 e. The first-order valence-electron chi connectivity index (χ1n) is 8.53. The molecule has 5 heteroatoms. The number of pyridine rings is 1. The van der Waals surface area contributed by atoms with E-state index in [-0.39, 0.29) is 17.8 Å². The lowest BCUT2D eigenvalue weighted by atomic mass is 10.1. The van der Waals surface area contributed by atoms with Crippen molar-refractivity contribution in [2.45, 2.75) is 13.0 Å². The number of ether oxygens (including phenoxy) is 1. The number of benzene rings is 2. The molecule has 1 amide bonds. The second-order valence-electron chi connectivity index (χ2n) is 5.94. The fourth-order valence-electron chi connectivity index (χ4n) is 2.51. The minimum Gasteiger partial charge on any atom is -0.457 e. The number of hydrogen-bond donors (Lipinski definition) is 1. The molecule has 1 aromatic heterocycles. The normalized spacial score (nSPS) is 11.9. The maximum atomic E-state index is 13.6. The Morgan fingerprint density at radius 2 is 1.85 bits per heavy atom. The maximum absolute atomic E-state index is 13.6. The van der Waals surface area contributed by atoms with Gasteiger partial charge in [0.1, 0.15) is 17.3 Å². The van der Waals surface area contributed by atoms with E-state index >= 15 is 0 Å². The summed E-state index contributed by atoms with van der Waals surface area (Å²) in [5.74, 6) is 0.690. The molecule has 0 aliphatic heterocycles. The van der Waals surface area contributed by atoms with Crippen molar-refractivity contribution >= 4 is 12.0 Å². The number of carbonyl (C=O) groups is 1. The molecule has 136 valence electrons. The van der Waals surface area contributed by atoms with Gasteiger partial charge in [0.05, 0.1) is 6.04 Å². The van der Waals surface area contributed by atoms with Crippen molar-refractivity contribution < 1.29 is 13.9 Å². The van der Waals surface area contributed by atoms with E-state index in [0.717, 1.165) is 5.56 Å². The fraction of sp³-hybridized carbons (Fsp3) is 0.0909. The molecular weight excluding hydrogens is 343 g/mol. The molecule has 0 aliphatic carbocycles. The van der Waals surface area contributed by atoms with Crippen molar-refractivity contribution in [3.05, 3.63) is 96.1 Å². The van der Waals surface area contributed by atoms with Gasteiger partial charge in [-0.1, -0.05) is 30.3 Å². The first kappa shape index (κ1) is 18.3. The van der Waals surface area contributed by atoms with Gasteiger partial charge in [-0.25, -0.2) is 4.39 Å².